The Morgan fingerprint density at radius 3 is 2.65 bits per heavy atom. The number of nitrogens with zero attached hydrogens (tertiary/aromatic N) is 2. The van der Waals surface area contributed by atoms with Gasteiger partial charge in [0, 0.05) is 17.0 Å². The molecular weight excluding hydrogens is 358 g/mol. The van der Waals surface area contributed by atoms with Crippen LogP contribution in [0.3, 0.4) is 0 Å². The Morgan fingerprint density at radius 2 is 2.04 bits per heavy atom. The van der Waals surface area contributed by atoms with Crippen molar-refractivity contribution in [1.29, 1.82) is 0 Å². The molecule has 0 fully saturated rings. The summed E-state index contributed by atoms with van der Waals surface area (Å²) in [5.41, 5.74) is 2.61. The van der Waals surface area contributed by atoms with Crippen molar-refractivity contribution in [2.75, 3.05) is 6.54 Å². The molecular formula is C18H24F2N4OS. The smallest absolute Gasteiger partial charge is 0.387 e. The fourth-order valence-corrected chi connectivity index (χ4v) is 3.20. The molecule has 1 heterocycles. The van der Waals surface area contributed by atoms with E-state index in [-0.39, 0.29) is 12.3 Å². The second-order valence-corrected chi connectivity index (χ2v) is 7.08. The molecule has 142 valence electrons. The summed E-state index contributed by atoms with van der Waals surface area (Å²) in [6.45, 7) is 6.51. The minimum absolute atomic E-state index is 0.149. The molecule has 26 heavy (non-hydrogen) atoms. The van der Waals surface area contributed by atoms with Gasteiger partial charge in [0.1, 0.15) is 10.8 Å². The molecule has 0 aliphatic carbocycles. The zero-order valence-electron chi connectivity index (χ0n) is 15.4. The average molecular weight is 382 g/mol. The molecule has 0 atom stereocenters. The Hall–Kier alpha value is -2.22. The van der Waals surface area contributed by atoms with Crippen molar-refractivity contribution in [3.63, 3.8) is 0 Å². The van der Waals surface area contributed by atoms with E-state index in [1.54, 1.807) is 29.5 Å². The quantitative estimate of drug-likeness (QED) is 0.563. The second-order valence-electron chi connectivity index (χ2n) is 5.79. The van der Waals surface area contributed by atoms with Crippen LogP contribution in [0.5, 0.6) is 5.75 Å². The topological polar surface area (TPSA) is 58.5 Å². The summed E-state index contributed by atoms with van der Waals surface area (Å²) in [5, 5.41) is 7.34. The van der Waals surface area contributed by atoms with Gasteiger partial charge in [-0.3, -0.25) is 0 Å². The molecule has 0 spiro atoms. The van der Waals surface area contributed by atoms with Crippen LogP contribution in [0.2, 0.25) is 0 Å². The zero-order chi connectivity index (χ0) is 19.1. The highest BCUT2D eigenvalue weighted by Gasteiger charge is 2.10. The summed E-state index contributed by atoms with van der Waals surface area (Å²) in [5.74, 6) is 0.749. The number of hydrogen-bond acceptors (Lipinski definition) is 4. The first-order valence-electron chi connectivity index (χ1n) is 8.38. The Kier molecular flexibility index (Phi) is 7.32. The van der Waals surface area contributed by atoms with Crippen LogP contribution in [-0.4, -0.2) is 24.1 Å². The van der Waals surface area contributed by atoms with Crippen LogP contribution in [-0.2, 0) is 13.1 Å². The maximum atomic E-state index is 12.6. The maximum Gasteiger partial charge on any atom is 0.387 e. The molecule has 0 saturated heterocycles. The Morgan fingerprint density at radius 1 is 1.27 bits per heavy atom. The van der Waals surface area contributed by atoms with Gasteiger partial charge in [-0.05, 0) is 33.8 Å². The monoisotopic (exact) mass is 382 g/mol. The lowest BCUT2D eigenvalue weighted by molar-refractivity contribution is -0.0504. The van der Waals surface area contributed by atoms with Crippen LogP contribution in [0.4, 0.5) is 8.78 Å². The minimum atomic E-state index is -2.86. The van der Waals surface area contributed by atoms with Gasteiger partial charge in [0.15, 0.2) is 5.96 Å². The Labute approximate surface area is 156 Å². The number of aliphatic imine (C=N–C) groups is 1. The lowest BCUT2D eigenvalue weighted by Gasteiger charge is -2.12. The normalized spacial score (nSPS) is 11.7. The lowest BCUT2D eigenvalue weighted by atomic mass is 10.1. The van der Waals surface area contributed by atoms with Gasteiger partial charge in [0.05, 0.1) is 18.8 Å². The molecule has 0 amide bonds. The highest BCUT2D eigenvalue weighted by molar-refractivity contribution is 7.11. The summed E-state index contributed by atoms with van der Waals surface area (Å²) >= 11 is 1.64. The maximum absolute atomic E-state index is 12.6. The molecule has 2 aromatic rings. The van der Waals surface area contributed by atoms with Gasteiger partial charge in [-0.25, -0.2) is 9.98 Å². The van der Waals surface area contributed by atoms with E-state index < -0.39 is 6.61 Å². The number of hydrogen-bond donors (Lipinski definition) is 2. The van der Waals surface area contributed by atoms with Crippen LogP contribution in [0.15, 0.2) is 23.2 Å². The largest absolute Gasteiger partial charge is 0.434 e. The molecule has 2 N–H and O–H groups in total. The first-order valence-corrected chi connectivity index (χ1v) is 9.20. The zero-order valence-corrected chi connectivity index (χ0v) is 16.2. The summed E-state index contributed by atoms with van der Waals surface area (Å²) in [6.07, 6.45) is 0. The van der Waals surface area contributed by atoms with Crippen molar-refractivity contribution in [2.24, 2.45) is 4.99 Å². The van der Waals surface area contributed by atoms with Gasteiger partial charge >= 0.3 is 6.61 Å². The van der Waals surface area contributed by atoms with Crippen molar-refractivity contribution in [3.05, 3.63) is 44.9 Å². The molecule has 5 nitrogen and oxygen atoms in total. The Balaban J connectivity index is 2.09. The molecule has 2 rings (SSSR count). The van der Waals surface area contributed by atoms with Gasteiger partial charge in [0.2, 0.25) is 0 Å². The second kappa shape index (κ2) is 9.47. The molecule has 0 saturated carbocycles. The van der Waals surface area contributed by atoms with Gasteiger partial charge < -0.3 is 15.4 Å². The molecule has 0 aliphatic rings. The van der Waals surface area contributed by atoms with Gasteiger partial charge in [-0.15, -0.1) is 11.3 Å². The first kappa shape index (κ1) is 20.1. The van der Waals surface area contributed by atoms with Crippen LogP contribution < -0.4 is 15.4 Å². The predicted octanol–water partition coefficient (Wildman–Crippen LogP) is 3.93. The van der Waals surface area contributed by atoms with Crippen molar-refractivity contribution in [1.82, 2.24) is 15.6 Å². The lowest BCUT2D eigenvalue weighted by Crippen LogP contribution is -2.36. The summed E-state index contributed by atoms with van der Waals surface area (Å²) in [4.78, 5) is 10.2. The highest BCUT2D eigenvalue weighted by Crippen LogP contribution is 2.23. The molecule has 0 bridgehead atoms. The number of guanidine groups is 1. The average Bonchev–Trinajstić information content (AvgIpc) is 2.90. The molecule has 1 aromatic heterocycles. The number of ether oxygens (including phenoxy) is 1. The fraction of sp³-hybridized carbons (Fsp3) is 0.444. The molecule has 0 aliphatic heterocycles. The number of nitrogens with one attached hydrogen (secondary N) is 2. The van der Waals surface area contributed by atoms with Crippen molar-refractivity contribution >= 4 is 17.3 Å². The molecule has 1 aromatic carbocycles. The number of aromatic nitrogens is 1. The third-order valence-corrected chi connectivity index (χ3v) is 4.74. The highest BCUT2D eigenvalue weighted by atomic mass is 32.1. The van der Waals surface area contributed by atoms with Crippen LogP contribution in [0.1, 0.15) is 33.6 Å². The number of benzene rings is 1. The van der Waals surface area contributed by atoms with E-state index in [0.717, 1.165) is 16.3 Å². The van der Waals surface area contributed by atoms with E-state index in [0.29, 0.717) is 24.6 Å². The third kappa shape index (κ3) is 5.94. The number of rotatable bonds is 7. The van der Waals surface area contributed by atoms with E-state index in [1.165, 1.54) is 4.88 Å². The van der Waals surface area contributed by atoms with Crippen molar-refractivity contribution in [3.8, 4) is 5.75 Å². The van der Waals surface area contributed by atoms with E-state index in [2.05, 4.69) is 25.3 Å². The van der Waals surface area contributed by atoms with E-state index in [1.807, 2.05) is 27.7 Å². The SMILES string of the molecule is CCNC(=NCc1cc(C)ccc1OC(F)F)NCc1nc(C)c(C)s1. The molecule has 0 radical (unpaired) electrons. The number of thiazole rings is 1. The van der Waals surface area contributed by atoms with Crippen LogP contribution in [0.25, 0.3) is 0 Å². The molecule has 0 unspecified atom stereocenters. The third-order valence-electron chi connectivity index (χ3n) is 3.66. The number of halogens is 2. The van der Waals surface area contributed by atoms with Crippen LogP contribution in [0, 0.1) is 20.8 Å². The minimum Gasteiger partial charge on any atom is -0.434 e. The summed E-state index contributed by atoms with van der Waals surface area (Å²) in [6, 6.07) is 5.09. The Bertz CT molecular complexity index is 742. The van der Waals surface area contributed by atoms with Gasteiger partial charge in [0.25, 0.3) is 0 Å². The van der Waals surface area contributed by atoms with Crippen molar-refractivity contribution < 1.29 is 13.5 Å². The summed E-state index contributed by atoms with van der Waals surface area (Å²) < 4.78 is 29.7. The van der Waals surface area contributed by atoms with Gasteiger partial charge in [-0.2, -0.15) is 8.78 Å². The fourth-order valence-electron chi connectivity index (χ4n) is 2.32. The predicted molar refractivity (Wildman–Crippen MR) is 101 cm³/mol. The summed E-state index contributed by atoms with van der Waals surface area (Å²) in [7, 11) is 0. The number of aryl methyl sites for hydroxylation is 3. The van der Waals surface area contributed by atoms with Gasteiger partial charge in [-0.1, -0.05) is 17.7 Å². The van der Waals surface area contributed by atoms with E-state index in [9.17, 15) is 8.78 Å². The number of alkyl halides is 2. The van der Waals surface area contributed by atoms with E-state index >= 15 is 0 Å². The van der Waals surface area contributed by atoms with Crippen LogP contribution >= 0.6 is 11.3 Å². The van der Waals surface area contributed by atoms with E-state index in [4.69, 9.17) is 0 Å². The first-order chi connectivity index (χ1) is 12.4. The van der Waals surface area contributed by atoms with Crippen molar-refractivity contribution in [2.45, 2.75) is 47.4 Å². The molecule has 8 heteroatoms. The standard InChI is InChI=1S/C18H24F2N4OS/c1-5-21-18(23-10-16-24-12(3)13(4)26-16)22-9-14-8-11(2)6-7-15(14)25-17(19)20/h6-8,17H,5,9-10H2,1-4H3,(H2,21,22,23).